The summed E-state index contributed by atoms with van der Waals surface area (Å²) in [5.74, 6) is -0.410. The van der Waals surface area contributed by atoms with Crippen molar-refractivity contribution in [3.05, 3.63) is 75.2 Å². The van der Waals surface area contributed by atoms with Crippen LogP contribution in [0.15, 0.2) is 53.5 Å². The van der Waals surface area contributed by atoms with Crippen molar-refractivity contribution in [2.75, 3.05) is 32.7 Å². The number of carbonyl (C=O) groups excluding carboxylic acids is 1. The van der Waals surface area contributed by atoms with Crippen LogP contribution in [0.4, 0.5) is 13.2 Å². The molecule has 0 bridgehead atoms. The number of hydrogen-bond acceptors (Lipinski definition) is 3. The predicted octanol–water partition coefficient (Wildman–Crippen LogP) is 3.38. The molecule has 0 saturated carbocycles. The molecule has 0 aliphatic carbocycles. The number of nitrogens with zero attached hydrogens (tertiary/aromatic N) is 3. The highest BCUT2D eigenvalue weighted by atomic mass is 35.5. The number of benzene rings is 1. The lowest BCUT2D eigenvalue weighted by Gasteiger charge is -2.34. The smallest absolute Gasteiger partial charge is 0.339 e. The van der Waals surface area contributed by atoms with Crippen LogP contribution in [0.3, 0.4) is 0 Å². The predicted molar refractivity (Wildman–Crippen MR) is 109 cm³/mol. The van der Waals surface area contributed by atoms with E-state index in [-0.39, 0.29) is 0 Å². The number of amides is 1. The van der Waals surface area contributed by atoms with Crippen LogP contribution in [0.2, 0.25) is 5.02 Å². The molecular formula is C21H21ClF3N3O2. The summed E-state index contributed by atoms with van der Waals surface area (Å²) in [5, 5.41) is -0.562. The summed E-state index contributed by atoms with van der Waals surface area (Å²) in [7, 11) is 0. The fraction of sp³-hybridized carbons (Fsp3) is 0.333. The second kappa shape index (κ2) is 9.49. The number of halogens is 4. The number of piperazine rings is 1. The van der Waals surface area contributed by atoms with Crippen LogP contribution in [0.1, 0.15) is 11.1 Å². The molecule has 1 saturated heterocycles. The molecule has 9 heteroatoms. The van der Waals surface area contributed by atoms with Gasteiger partial charge in [0.15, 0.2) is 0 Å². The fourth-order valence-corrected chi connectivity index (χ4v) is 3.43. The van der Waals surface area contributed by atoms with E-state index in [2.05, 4.69) is 11.0 Å². The van der Waals surface area contributed by atoms with E-state index in [1.165, 1.54) is 0 Å². The van der Waals surface area contributed by atoms with Crippen molar-refractivity contribution in [2.24, 2.45) is 0 Å². The summed E-state index contributed by atoms with van der Waals surface area (Å²) < 4.78 is 39.6. The molecule has 1 aromatic heterocycles. The van der Waals surface area contributed by atoms with Crippen LogP contribution < -0.4 is 5.56 Å². The Morgan fingerprint density at radius 3 is 2.40 bits per heavy atom. The average Bonchev–Trinajstić information content (AvgIpc) is 2.71. The molecular weight excluding hydrogens is 419 g/mol. The Balaban J connectivity index is 1.55. The lowest BCUT2D eigenvalue weighted by Crippen LogP contribution is -2.49. The molecule has 2 aromatic rings. The summed E-state index contributed by atoms with van der Waals surface area (Å²) >= 11 is 5.63. The Morgan fingerprint density at radius 1 is 1.10 bits per heavy atom. The molecule has 3 rings (SSSR count). The van der Waals surface area contributed by atoms with Gasteiger partial charge in [-0.1, -0.05) is 54.1 Å². The van der Waals surface area contributed by atoms with Crippen molar-refractivity contribution in [3.63, 3.8) is 0 Å². The summed E-state index contributed by atoms with van der Waals surface area (Å²) in [6, 6.07) is 10.5. The minimum Gasteiger partial charge on any atom is -0.339 e. The van der Waals surface area contributed by atoms with Crippen LogP contribution in [0.5, 0.6) is 0 Å². The maximum atomic E-state index is 12.9. The van der Waals surface area contributed by atoms with Gasteiger partial charge in [0, 0.05) is 38.9 Å². The van der Waals surface area contributed by atoms with Crippen LogP contribution >= 0.6 is 11.6 Å². The van der Waals surface area contributed by atoms with Crippen LogP contribution in [-0.2, 0) is 17.5 Å². The Kier molecular flexibility index (Phi) is 6.99. The number of aromatic nitrogens is 1. The summed E-state index contributed by atoms with van der Waals surface area (Å²) in [6.07, 6.45) is 0.0656. The minimum absolute atomic E-state index is 0.410. The Labute approximate surface area is 177 Å². The van der Waals surface area contributed by atoms with E-state index in [4.69, 9.17) is 11.6 Å². The topological polar surface area (TPSA) is 45.6 Å². The third-order valence-corrected chi connectivity index (χ3v) is 5.14. The standard InChI is InChI=1S/C21H21ClF3N3O2/c22-18-13-17(21(23,24)25)14-28(20(18)30)15-19(29)27-11-9-26(10-12-27)8-4-7-16-5-2-1-3-6-16/h1-7,13-14H,8-12,15H2/b7-4+. The normalized spacial score (nSPS) is 15.7. The van der Waals surface area contributed by atoms with E-state index in [9.17, 15) is 22.8 Å². The van der Waals surface area contributed by atoms with Crippen LogP contribution in [0.25, 0.3) is 6.08 Å². The maximum absolute atomic E-state index is 12.9. The zero-order valence-corrected chi connectivity index (χ0v) is 16.9. The largest absolute Gasteiger partial charge is 0.417 e. The fourth-order valence-electron chi connectivity index (χ4n) is 3.20. The van der Waals surface area contributed by atoms with E-state index in [1.807, 2.05) is 36.4 Å². The third-order valence-electron chi connectivity index (χ3n) is 4.87. The lowest BCUT2D eigenvalue weighted by atomic mass is 10.2. The van der Waals surface area contributed by atoms with Gasteiger partial charge in [-0.25, -0.2) is 0 Å². The van der Waals surface area contributed by atoms with Gasteiger partial charge in [0.2, 0.25) is 5.91 Å². The number of pyridine rings is 1. The first-order valence-electron chi connectivity index (χ1n) is 9.43. The van der Waals surface area contributed by atoms with Crippen molar-refractivity contribution in [2.45, 2.75) is 12.7 Å². The zero-order valence-electron chi connectivity index (χ0n) is 16.1. The highest BCUT2D eigenvalue weighted by Gasteiger charge is 2.32. The first kappa shape index (κ1) is 22.1. The number of hydrogen-bond donors (Lipinski definition) is 0. The molecule has 1 fully saturated rings. The SMILES string of the molecule is O=C(Cn1cc(C(F)(F)F)cc(Cl)c1=O)N1CCN(C/C=C/c2ccccc2)CC1. The number of rotatable bonds is 5. The van der Waals surface area contributed by atoms with E-state index < -0.39 is 34.8 Å². The molecule has 0 N–H and O–H groups in total. The zero-order chi connectivity index (χ0) is 21.7. The first-order valence-corrected chi connectivity index (χ1v) is 9.81. The molecule has 0 atom stereocenters. The highest BCUT2D eigenvalue weighted by Crippen LogP contribution is 2.29. The highest BCUT2D eigenvalue weighted by molar-refractivity contribution is 6.30. The van der Waals surface area contributed by atoms with Gasteiger partial charge >= 0.3 is 6.18 Å². The quantitative estimate of drug-likeness (QED) is 0.717. The van der Waals surface area contributed by atoms with Gasteiger partial charge in [0.1, 0.15) is 11.6 Å². The Morgan fingerprint density at radius 2 is 1.77 bits per heavy atom. The molecule has 1 aromatic carbocycles. The van der Waals surface area contributed by atoms with Gasteiger partial charge < -0.3 is 9.47 Å². The van der Waals surface area contributed by atoms with Gasteiger partial charge in [0.05, 0.1) is 5.56 Å². The van der Waals surface area contributed by atoms with E-state index in [0.29, 0.717) is 38.4 Å². The third kappa shape index (κ3) is 5.73. The van der Waals surface area contributed by atoms with E-state index >= 15 is 0 Å². The molecule has 1 amide bonds. The summed E-state index contributed by atoms with van der Waals surface area (Å²) in [5.41, 5.74) is -0.769. The monoisotopic (exact) mass is 439 g/mol. The van der Waals surface area contributed by atoms with Crippen molar-refractivity contribution >= 4 is 23.6 Å². The Bertz CT molecular complexity index is 966. The van der Waals surface area contributed by atoms with Crippen LogP contribution in [-0.4, -0.2) is 53.0 Å². The molecule has 1 aliphatic heterocycles. The minimum atomic E-state index is -4.65. The molecule has 160 valence electrons. The van der Waals surface area contributed by atoms with Gasteiger partial charge in [-0.2, -0.15) is 13.2 Å². The second-order valence-corrected chi connectivity index (χ2v) is 7.41. The van der Waals surface area contributed by atoms with Crippen molar-refractivity contribution in [3.8, 4) is 0 Å². The van der Waals surface area contributed by atoms with E-state index in [0.717, 1.165) is 16.7 Å². The Hall–Kier alpha value is -2.58. The van der Waals surface area contributed by atoms with Gasteiger partial charge in [-0.3, -0.25) is 14.5 Å². The van der Waals surface area contributed by atoms with Gasteiger partial charge in [0.25, 0.3) is 5.56 Å². The lowest BCUT2D eigenvalue weighted by molar-refractivity contribution is -0.139. The van der Waals surface area contributed by atoms with Gasteiger partial charge in [-0.15, -0.1) is 0 Å². The molecule has 0 radical (unpaired) electrons. The second-order valence-electron chi connectivity index (χ2n) is 7.00. The molecule has 0 spiro atoms. The number of carbonyl (C=O) groups is 1. The van der Waals surface area contributed by atoms with Gasteiger partial charge in [-0.05, 0) is 11.6 Å². The molecule has 1 aliphatic rings. The molecule has 5 nitrogen and oxygen atoms in total. The molecule has 30 heavy (non-hydrogen) atoms. The molecule has 0 unspecified atom stereocenters. The molecule has 2 heterocycles. The first-order chi connectivity index (χ1) is 14.2. The van der Waals surface area contributed by atoms with E-state index in [1.54, 1.807) is 4.90 Å². The maximum Gasteiger partial charge on any atom is 0.417 e. The van der Waals surface area contributed by atoms with Crippen molar-refractivity contribution < 1.29 is 18.0 Å². The summed E-state index contributed by atoms with van der Waals surface area (Å²) in [4.78, 5) is 28.3. The average molecular weight is 440 g/mol. The summed E-state index contributed by atoms with van der Waals surface area (Å²) in [6.45, 7) is 2.43. The number of alkyl halides is 3. The van der Waals surface area contributed by atoms with Crippen molar-refractivity contribution in [1.82, 2.24) is 14.4 Å². The van der Waals surface area contributed by atoms with Crippen LogP contribution in [0, 0.1) is 0 Å². The van der Waals surface area contributed by atoms with Crippen molar-refractivity contribution in [1.29, 1.82) is 0 Å².